The third kappa shape index (κ3) is 5.13. The minimum atomic E-state index is -0.680. The van der Waals surface area contributed by atoms with E-state index in [-0.39, 0.29) is 12.4 Å². The van der Waals surface area contributed by atoms with Gasteiger partial charge in [-0.05, 0) is 58.7 Å². The highest BCUT2D eigenvalue weighted by Gasteiger charge is 2.10. The molecule has 0 radical (unpaired) electrons. The maximum atomic E-state index is 11.8. The van der Waals surface area contributed by atoms with Crippen LogP contribution in [0.2, 0.25) is 0 Å². The topological polar surface area (TPSA) is 92.4 Å². The van der Waals surface area contributed by atoms with E-state index >= 15 is 0 Å². The number of rotatable bonds is 7. The number of aryl methyl sites for hydroxylation is 1. The Bertz CT molecular complexity index is 823. The summed E-state index contributed by atoms with van der Waals surface area (Å²) in [6.45, 7) is 1.65. The van der Waals surface area contributed by atoms with Gasteiger partial charge in [-0.25, -0.2) is 4.79 Å². The molecule has 0 atom stereocenters. The van der Waals surface area contributed by atoms with Crippen molar-refractivity contribution >= 4 is 27.7 Å². The Morgan fingerprint density at radius 2 is 1.77 bits per heavy atom. The van der Waals surface area contributed by atoms with Gasteiger partial charge in [0.05, 0.1) is 18.7 Å². The molecule has 0 spiro atoms. The number of hydrogen-bond acceptors (Lipinski definition) is 6. The summed E-state index contributed by atoms with van der Waals surface area (Å²) in [5.74, 6) is 0.918. The number of ether oxygens (including phenoxy) is 3. The molecule has 8 heteroatoms. The molecule has 0 aliphatic carbocycles. The summed E-state index contributed by atoms with van der Waals surface area (Å²) in [5.41, 5.74) is 7.43. The van der Waals surface area contributed by atoms with Gasteiger partial charge >= 0.3 is 5.97 Å². The average Bonchev–Trinajstić information content (AvgIpc) is 2.64. The van der Waals surface area contributed by atoms with Crippen molar-refractivity contribution in [1.29, 1.82) is 0 Å². The van der Waals surface area contributed by atoms with Gasteiger partial charge in [-0.2, -0.15) is 0 Å². The van der Waals surface area contributed by atoms with Crippen LogP contribution in [0.3, 0.4) is 0 Å². The number of halogens is 1. The summed E-state index contributed by atoms with van der Waals surface area (Å²) >= 11 is 3.37. The summed E-state index contributed by atoms with van der Waals surface area (Å²) in [7, 11) is 3.04. The molecule has 2 N–H and O–H groups in total. The molecule has 0 aromatic heterocycles. The summed E-state index contributed by atoms with van der Waals surface area (Å²) in [6, 6.07) is 10.5. The van der Waals surface area contributed by atoms with Crippen LogP contribution < -0.4 is 19.9 Å². The average molecular weight is 423 g/mol. The molecule has 0 heterocycles. The first kappa shape index (κ1) is 19.6. The Morgan fingerprint density at radius 3 is 2.42 bits per heavy atom. The molecule has 0 bridgehead atoms. The van der Waals surface area contributed by atoms with Crippen molar-refractivity contribution in [2.45, 2.75) is 6.92 Å². The zero-order valence-corrected chi connectivity index (χ0v) is 16.2. The van der Waals surface area contributed by atoms with Crippen LogP contribution in [0.15, 0.2) is 46.0 Å². The van der Waals surface area contributed by atoms with Crippen LogP contribution in [0.5, 0.6) is 17.2 Å². The highest BCUT2D eigenvalue weighted by atomic mass is 79.9. The second-order valence-electron chi connectivity index (χ2n) is 5.23. The van der Waals surface area contributed by atoms with Gasteiger partial charge in [0.1, 0.15) is 5.75 Å². The van der Waals surface area contributed by atoms with Crippen molar-refractivity contribution < 1.29 is 23.8 Å². The first-order valence-electron chi connectivity index (χ1n) is 7.59. The Morgan fingerprint density at radius 1 is 1.08 bits per heavy atom. The lowest BCUT2D eigenvalue weighted by Gasteiger charge is -2.09. The number of nitrogens with two attached hydrogens (primary N) is 1. The Labute approximate surface area is 159 Å². The van der Waals surface area contributed by atoms with Crippen molar-refractivity contribution in [2.24, 2.45) is 10.9 Å². The molecular weight excluding hydrogens is 404 g/mol. The number of carbonyl (C=O) groups is 1. The zero-order chi connectivity index (χ0) is 19.1. The molecule has 0 saturated carbocycles. The summed E-state index contributed by atoms with van der Waals surface area (Å²) < 4.78 is 16.5. The van der Waals surface area contributed by atoms with Gasteiger partial charge in [0.15, 0.2) is 23.9 Å². The minimum Gasteiger partial charge on any atom is -0.493 e. The molecule has 0 amide bonds. The van der Waals surface area contributed by atoms with Gasteiger partial charge in [-0.1, -0.05) is 11.2 Å². The third-order valence-electron chi connectivity index (χ3n) is 3.36. The monoisotopic (exact) mass is 422 g/mol. The molecule has 0 unspecified atom stereocenters. The second-order valence-corrected chi connectivity index (χ2v) is 6.09. The fraction of sp³-hybridized carbons (Fsp3) is 0.222. The molecule has 138 valence electrons. The molecule has 0 aliphatic rings. The molecule has 0 fully saturated rings. The lowest BCUT2D eigenvalue weighted by Crippen LogP contribution is -2.18. The molecule has 2 rings (SSSR count). The van der Waals surface area contributed by atoms with Crippen LogP contribution in [-0.4, -0.2) is 32.6 Å². The lowest BCUT2D eigenvalue weighted by atomic mass is 10.2. The van der Waals surface area contributed by atoms with Crippen molar-refractivity contribution in [3.05, 3.63) is 52.0 Å². The number of hydrogen-bond donors (Lipinski definition) is 1. The fourth-order valence-electron chi connectivity index (χ4n) is 2.03. The second kappa shape index (κ2) is 9.10. The molecule has 2 aromatic carbocycles. The van der Waals surface area contributed by atoms with Crippen LogP contribution in [0.4, 0.5) is 0 Å². The predicted molar refractivity (Wildman–Crippen MR) is 101 cm³/mol. The van der Waals surface area contributed by atoms with Crippen LogP contribution >= 0.6 is 15.9 Å². The minimum absolute atomic E-state index is 0.0239. The number of nitrogens with zero attached hydrogens (tertiary/aromatic N) is 1. The first-order valence-corrected chi connectivity index (χ1v) is 8.38. The van der Waals surface area contributed by atoms with Gasteiger partial charge < -0.3 is 24.8 Å². The predicted octanol–water partition coefficient (Wildman–Crippen LogP) is 3.02. The van der Waals surface area contributed by atoms with Crippen molar-refractivity contribution in [3.63, 3.8) is 0 Å². The van der Waals surface area contributed by atoms with E-state index in [1.54, 1.807) is 24.3 Å². The van der Waals surface area contributed by atoms with Crippen molar-refractivity contribution in [3.8, 4) is 17.2 Å². The number of benzene rings is 2. The van der Waals surface area contributed by atoms with E-state index in [0.717, 1.165) is 10.0 Å². The number of carbonyl (C=O) groups excluding carboxylic acids is 1. The number of methoxy groups -OCH3 is 2. The largest absolute Gasteiger partial charge is 0.493 e. The number of oxime groups is 1. The molecule has 7 nitrogen and oxygen atoms in total. The Hall–Kier alpha value is -2.74. The lowest BCUT2D eigenvalue weighted by molar-refractivity contribution is -0.146. The molecule has 26 heavy (non-hydrogen) atoms. The van der Waals surface area contributed by atoms with E-state index in [2.05, 4.69) is 21.1 Å². The summed E-state index contributed by atoms with van der Waals surface area (Å²) in [5, 5.41) is 3.63. The van der Waals surface area contributed by atoms with E-state index in [1.807, 2.05) is 19.1 Å². The van der Waals surface area contributed by atoms with E-state index in [4.69, 9.17) is 24.8 Å². The maximum absolute atomic E-state index is 11.8. The Balaban J connectivity index is 1.96. The van der Waals surface area contributed by atoms with Crippen molar-refractivity contribution in [1.82, 2.24) is 0 Å². The van der Waals surface area contributed by atoms with Gasteiger partial charge in [0.25, 0.3) is 0 Å². The van der Waals surface area contributed by atoms with Crippen LogP contribution in [-0.2, 0) is 9.63 Å². The summed E-state index contributed by atoms with van der Waals surface area (Å²) in [4.78, 5) is 16.6. The molecular formula is C18H19BrN2O5. The van der Waals surface area contributed by atoms with E-state index < -0.39 is 5.97 Å². The Kier molecular flexibility index (Phi) is 6.85. The van der Waals surface area contributed by atoms with Gasteiger partial charge in [0, 0.05) is 5.56 Å². The van der Waals surface area contributed by atoms with Crippen molar-refractivity contribution in [2.75, 3.05) is 20.8 Å². The zero-order valence-electron chi connectivity index (χ0n) is 14.6. The van der Waals surface area contributed by atoms with Gasteiger partial charge in [0.2, 0.25) is 0 Å². The smallest absolute Gasteiger partial charge is 0.372 e. The van der Waals surface area contributed by atoms with E-state index in [9.17, 15) is 4.79 Å². The highest BCUT2D eigenvalue weighted by Crippen LogP contribution is 2.27. The van der Waals surface area contributed by atoms with Crippen LogP contribution in [0.1, 0.15) is 11.1 Å². The first-order chi connectivity index (χ1) is 12.4. The van der Waals surface area contributed by atoms with Gasteiger partial charge in [-0.3, -0.25) is 0 Å². The normalized spacial score (nSPS) is 11.0. The SMILES string of the molecule is COc1ccc(C(N)=NOC(=O)COc2ccc(C)cc2Br)cc1OC. The maximum Gasteiger partial charge on any atom is 0.372 e. The molecule has 0 saturated heterocycles. The van der Waals surface area contributed by atoms with E-state index in [1.165, 1.54) is 14.2 Å². The highest BCUT2D eigenvalue weighted by molar-refractivity contribution is 9.10. The van der Waals surface area contributed by atoms with Crippen LogP contribution in [0, 0.1) is 6.92 Å². The summed E-state index contributed by atoms with van der Waals surface area (Å²) in [6.07, 6.45) is 0. The van der Waals surface area contributed by atoms with E-state index in [0.29, 0.717) is 22.8 Å². The molecule has 0 aliphatic heterocycles. The third-order valence-corrected chi connectivity index (χ3v) is 3.98. The standard InChI is InChI=1S/C18H19BrN2O5/c1-11-4-6-14(13(19)8-11)25-10-17(22)26-21-18(20)12-5-7-15(23-2)16(9-12)24-3/h4-9H,10H2,1-3H3,(H2,20,21). The quantitative estimate of drug-likeness (QED) is 0.319. The van der Waals surface area contributed by atoms with Crippen LogP contribution in [0.25, 0.3) is 0 Å². The van der Waals surface area contributed by atoms with Gasteiger partial charge in [-0.15, -0.1) is 0 Å². The molecule has 2 aromatic rings. The fourth-order valence-corrected chi connectivity index (χ4v) is 2.64. The number of amidine groups is 1.